The Labute approximate surface area is 109 Å². The standard InChI is InChI=1S/C13H26N2O3/c1-11(2)13(4-6-14-10-13)12(17)15-5-3-8-18-9-7-16/h11,14,16H,3-10H2,1-2H3,(H,15,17). The summed E-state index contributed by atoms with van der Waals surface area (Å²) in [6, 6.07) is 0. The molecule has 0 aliphatic carbocycles. The molecule has 1 unspecified atom stereocenters. The summed E-state index contributed by atoms with van der Waals surface area (Å²) in [5.74, 6) is 0.503. The lowest BCUT2D eigenvalue weighted by molar-refractivity contribution is -0.132. The molecule has 0 spiro atoms. The van der Waals surface area contributed by atoms with Crippen LogP contribution in [0.15, 0.2) is 0 Å². The molecule has 1 atom stereocenters. The lowest BCUT2D eigenvalue weighted by Crippen LogP contribution is -2.46. The lowest BCUT2D eigenvalue weighted by atomic mass is 9.75. The van der Waals surface area contributed by atoms with Crippen LogP contribution in [0.25, 0.3) is 0 Å². The molecule has 1 heterocycles. The summed E-state index contributed by atoms with van der Waals surface area (Å²) in [6.45, 7) is 7.55. The van der Waals surface area contributed by atoms with Crippen LogP contribution in [-0.2, 0) is 9.53 Å². The van der Waals surface area contributed by atoms with Gasteiger partial charge in [-0.05, 0) is 25.3 Å². The number of carbonyl (C=O) groups is 1. The zero-order valence-corrected chi connectivity index (χ0v) is 11.5. The van der Waals surface area contributed by atoms with Crippen LogP contribution >= 0.6 is 0 Å². The quantitative estimate of drug-likeness (QED) is 0.542. The van der Waals surface area contributed by atoms with E-state index >= 15 is 0 Å². The molecule has 106 valence electrons. The SMILES string of the molecule is CC(C)C1(C(=O)NCCCOCCO)CCNC1. The Morgan fingerprint density at radius 1 is 1.50 bits per heavy atom. The Bertz CT molecular complexity index is 251. The van der Waals surface area contributed by atoms with Crippen LogP contribution < -0.4 is 10.6 Å². The lowest BCUT2D eigenvalue weighted by Gasteiger charge is -2.31. The molecule has 1 rings (SSSR count). The van der Waals surface area contributed by atoms with Gasteiger partial charge in [-0.15, -0.1) is 0 Å². The van der Waals surface area contributed by atoms with Gasteiger partial charge in [0.05, 0.1) is 18.6 Å². The first-order valence-corrected chi connectivity index (χ1v) is 6.81. The van der Waals surface area contributed by atoms with Gasteiger partial charge >= 0.3 is 0 Å². The van der Waals surface area contributed by atoms with Gasteiger partial charge < -0.3 is 20.5 Å². The van der Waals surface area contributed by atoms with Crippen molar-refractivity contribution in [3.63, 3.8) is 0 Å². The van der Waals surface area contributed by atoms with Gasteiger partial charge in [-0.2, -0.15) is 0 Å². The van der Waals surface area contributed by atoms with E-state index in [4.69, 9.17) is 9.84 Å². The van der Waals surface area contributed by atoms with Crippen LogP contribution in [0.1, 0.15) is 26.7 Å². The molecule has 0 aromatic carbocycles. The molecule has 5 heteroatoms. The normalized spacial score (nSPS) is 23.6. The molecular weight excluding hydrogens is 232 g/mol. The number of aliphatic hydroxyl groups is 1. The number of carbonyl (C=O) groups excluding carboxylic acids is 1. The highest BCUT2D eigenvalue weighted by molar-refractivity contribution is 5.83. The molecule has 0 aromatic rings. The number of amides is 1. The number of hydrogen-bond acceptors (Lipinski definition) is 4. The summed E-state index contributed by atoms with van der Waals surface area (Å²) >= 11 is 0. The fraction of sp³-hybridized carbons (Fsp3) is 0.923. The molecule has 1 saturated heterocycles. The summed E-state index contributed by atoms with van der Waals surface area (Å²) in [5, 5.41) is 14.8. The third kappa shape index (κ3) is 3.93. The van der Waals surface area contributed by atoms with Gasteiger partial charge in [0.1, 0.15) is 0 Å². The topological polar surface area (TPSA) is 70.6 Å². The van der Waals surface area contributed by atoms with Crippen molar-refractivity contribution in [3.05, 3.63) is 0 Å². The number of nitrogens with one attached hydrogen (secondary N) is 2. The highest BCUT2D eigenvalue weighted by atomic mass is 16.5. The highest BCUT2D eigenvalue weighted by Crippen LogP contribution is 2.34. The number of ether oxygens (including phenoxy) is 1. The van der Waals surface area contributed by atoms with Crippen LogP contribution in [0.2, 0.25) is 0 Å². The Balaban J connectivity index is 2.26. The summed E-state index contributed by atoms with van der Waals surface area (Å²) in [7, 11) is 0. The fourth-order valence-electron chi connectivity index (χ4n) is 2.38. The van der Waals surface area contributed by atoms with Crippen molar-refractivity contribution in [2.75, 3.05) is 39.5 Å². The third-order valence-corrected chi connectivity index (χ3v) is 3.73. The average molecular weight is 258 g/mol. The number of rotatable bonds is 8. The smallest absolute Gasteiger partial charge is 0.227 e. The largest absolute Gasteiger partial charge is 0.394 e. The minimum absolute atomic E-state index is 0.0501. The molecular formula is C13H26N2O3. The molecule has 1 fully saturated rings. The maximum absolute atomic E-state index is 12.3. The average Bonchev–Trinajstić information content (AvgIpc) is 2.84. The first kappa shape index (κ1) is 15.4. The van der Waals surface area contributed by atoms with E-state index in [0.717, 1.165) is 25.9 Å². The predicted octanol–water partition coefficient (Wildman–Crippen LogP) is 0.137. The van der Waals surface area contributed by atoms with Crippen molar-refractivity contribution in [2.45, 2.75) is 26.7 Å². The molecule has 1 aliphatic heterocycles. The van der Waals surface area contributed by atoms with E-state index in [0.29, 0.717) is 25.7 Å². The van der Waals surface area contributed by atoms with Gasteiger partial charge in [-0.1, -0.05) is 13.8 Å². The predicted molar refractivity (Wildman–Crippen MR) is 70.3 cm³/mol. The van der Waals surface area contributed by atoms with Gasteiger partial charge in [-0.25, -0.2) is 0 Å². The Morgan fingerprint density at radius 3 is 2.83 bits per heavy atom. The molecule has 0 radical (unpaired) electrons. The van der Waals surface area contributed by atoms with E-state index in [1.54, 1.807) is 0 Å². The Morgan fingerprint density at radius 2 is 2.28 bits per heavy atom. The molecule has 0 saturated carbocycles. The van der Waals surface area contributed by atoms with Crippen LogP contribution in [0.5, 0.6) is 0 Å². The van der Waals surface area contributed by atoms with E-state index in [1.165, 1.54) is 0 Å². The number of hydrogen-bond donors (Lipinski definition) is 3. The van der Waals surface area contributed by atoms with Crippen LogP contribution in [-0.4, -0.2) is 50.5 Å². The van der Waals surface area contributed by atoms with Gasteiger partial charge in [0.15, 0.2) is 0 Å². The first-order valence-electron chi connectivity index (χ1n) is 6.81. The molecule has 1 aliphatic rings. The van der Waals surface area contributed by atoms with E-state index in [2.05, 4.69) is 24.5 Å². The minimum atomic E-state index is -0.244. The minimum Gasteiger partial charge on any atom is -0.394 e. The first-order chi connectivity index (χ1) is 8.63. The maximum Gasteiger partial charge on any atom is 0.227 e. The zero-order chi connectivity index (χ0) is 13.4. The molecule has 18 heavy (non-hydrogen) atoms. The van der Waals surface area contributed by atoms with E-state index < -0.39 is 0 Å². The Kier molecular flexibility index (Phi) is 6.60. The van der Waals surface area contributed by atoms with Crippen LogP contribution in [0.3, 0.4) is 0 Å². The van der Waals surface area contributed by atoms with Crippen molar-refractivity contribution >= 4 is 5.91 Å². The second kappa shape index (κ2) is 7.71. The van der Waals surface area contributed by atoms with Crippen molar-refractivity contribution in [1.29, 1.82) is 0 Å². The molecule has 0 aromatic heterocycles. The summed E-state index contributed by atoms with van der Waals surface area (Å²) in [4.78, 5) is 12.3. The van der Waals surface area contributed by atoms with Gasteiger partial charge in [-0.3, -0.25) is 4.79 Å². The highest BCUT2D eigenvalue weighted by Gasteiger charge is 2.43. The molecule has 1 amide bonds. The fourth-order valence-corrected chi connectivity index (χ4v) is 2.38. The summed E-state index contributed by atoms with van der Waals surface area (Å²) in [5.41, 5.74) is -0.244. The van der Waals surface area contributed by atoms with E-state index in [-0.39, 0.29) is 17.9 Å². The van der Waals surface area contributed by atoms with Gasteiger partial charge in [0.25, 0.3) is 0 Å². The summed E-state index contributed by atoms with van der Waals surface area (Å²) < 4.78 is 5.15. The number of aliphatic hydroxyl groups excluding tert-OH is 1. The monoisotopic (exact) mass is 258 g/mol. The Hall–Kier alpha value is -0.650. The zero-order valence-electron chi connectivity index (χ0n) is 11.5. The van der Waals surface area contributed by atoms with Crippen molar-refractivity contribution in [3.8, 4) is 0 Å². The second-order valence-electron chi connectivity index (χ2n) is 5.18. The molecule has 5 nitrogen and oxygen atoms in total. The van der Waals surface area contributed by atoms with Crippen molar-refractivity contribution < 1.29 is 14.6 Å². The van der Waals surface area contributed by atoms with Gasteiger partial charge in [0.2, 0.25) is 5.91 Å². The van der Waals surface area contributed by atoms with Crippen molar-refractivity contribution in [2.24, 2.45) is 11.3 Å². The summed E-state index contributed by atoms with van der Waals surface area (Å²) in [6.07, 6.45) is 1.70. The molecule has 3 N–H and O–H groups in total. The van der Waals surface area contributed by atoms with E-state index in [1.807, 2.05) is 0 Å². The van der Waals surface area contributed by atoms with Gasteiger partial charge in [0, 0.05) is 19.7 Å². The van der Waals surface area contributed by atoms with E-state index in [9.17, 15) is 4.79 Å². The molecule has 0 bridgehead atoms. The maximum atomic E-state index is 12.3. The second-order valence-corrected chi connectivity index (χ2v) is 5.18. The van der Waals surface area contributed by atoms with Crippen molar-refractivity contribution in [1.82, 2.24) is 10.6 Å². The van der Waals surface area contributed by atoms with Crippen LogP contribution in [0, 0.1) is 11.3 Å². The third-order valence-electron chi connectivity index (χ3n) is 3.73. The van der Waals surface area contributed by atoms with Crippen LogP contribution in [0.4, 0.5) is 0 Å².